The second-order valence-corrected chi connectivity index (χ2v) is 8.95. The van der Waals surface area contributed by atoms with Crippen molar-refractivity contribution in [1.82, 2.24) is 19.5 Å². The largest absolute Gasteiger partial charge is 0.439 e. The van der Waals surface area contributed by atoms with Gasteiger partial charge in [0.05, 0.1) is 11.4 Å². The van der Waals surface area contributed by atoms with Crippen LogP contribution in [0.5, 0.6) is 11.6 Å². The van der Waals surface area contributed by atoms with Gasteiger partial charge in [0.25, 0.3) is 0 Å². The Balaban J connectivity index is 1.45. The van der Waals surface area contributed by atoms with Gasteiger partial charge in [-0.25, -0.2) is 32.2 Å². The summed E-state index contributed by atoms with van der Waals surface area (Å²) in [6.07, 6.45) is 3.03. The van der Waals surface area contributed by atoms with Crippen molar-refractivity contribution in [3.8, 4) is 17.4 Å². The smallest absolute Gasteiger partial charge is 0.237 e. The number of sulfonamides is 1. The van der Waals surface area contributed by atoms with Crippen molar-refractivity contribution in [2.24, 2.45) is 0 Å². The van der Waals surface area contributed by atoms with Gasteiger partial charge in [-0.1, -0.05) is 0 Å². The van der Waals surface area contributed by atoms with Gasteiger partial charge in [0.2, 0.25) is 15.9 Å². The Morgan fingerprint density at radius 1 is 1.00 bits per heavy atom. The minimum Gasteiger partial charge on any atom is -0.439 e. The lowest BCUT2D eigenvalue weighted by atomic mass is 10.2. The Morgan fingerprint density at radius 2 is 1.76 bits per heavy atom. The second-order valence-electron chi connectivity index (χ2n) is 7.22. The predicted molar refractivity (Wildman–Crippen MR) is 118 cm³/mol. The SMILES string of the molecule is Cc1ncn(-c2cc(Oc3ccc(NS(=O)(=O)Cc4cc(F)ccc4F)cc3)ncn2)c1C. The highest BCUT2D eigenvalue weighted by molar-refractivity contribution is 7.91. The third-order valence-electron chi connectivity index (χ3n) is 4.83. The Labute approximate surface area is 189 Å². The molecule has 8 nitrogen and oxygen atoms in total. The van der Waals surface area contributed by atoms with Crippen molar-refractivity contribution in [1.29, 1.82) is 0 Å². The van der Waals surface area contributed by atoms with Crippen molar-refractivity contribution in [2.45, 2.75) is 19.6 Å². The van der Waals surface area contributed by atoms with Gasteiger partial charge in [-0.3, -0.25) is 9.29 Å². The number of aromatic nitrogens is 4. The van der Waals surface area contributed by atoms with Crippen LogP contribution in [0.1, 0.15) is 17.0 Å². The molecule has 4 aromatic rings. The Bertz CT molecular complexity index is 1410. The fraction of sp³-hybridized carbons (Fsp3) is 0.136. The first-order valence-electron chi connectivity index (χ1n) is 9.75. The monoisotopic (exact) mass is 471 g/mol. The first-order chi connectivity index (χ1) is 15.7. The predicted octanol–water partition coefficient (Wildman–Crippen LogP) is 4.29. The molecule has 33 heavy (non-hydrogen) atoms. The van der Waals surface area contributed by atoms with Crippen molar-refractivity contribution < 1.29 is 21.9 Å². The van der Waals surface area contributed by atoms with Gasteiger partial charge in [-0.2, -0.15) is 0 Å². The highest BCUT2D eigenvalue weighted by Crippen LogP contribution is 2.24. The number of hydrogen-bond acceptors (Lipinski definition) is 6. The van der Waals surface area contributed by atoms with E-state index < -0.39 is 27.4 Å². The summed E-state index contributed by atoms with van der Waals surface area (Å²) >= 11 is 0. The number of imidazole rings is 1. The third kappa shape index (κ3) is 5.32. The molecule has 2 aromatic carbocycles. The molecule has 0 spiro atoms. The van der Waals surface area contributed by atoms with Gasteiger partial charge in [-0.05, 0) is 56.3 Å². The average molecular weight is 471 g/mol. The lowest BCUT2D eigenvalue weighted by Crippen LogP contribution is -2.16. The van der Waals surface area contributed by atoms with Crippen LogP contribution in [0.2, 0.25) is 0 Å². The van der Waals surface area contributed by atoms with Crippen molar-refractivity contribution >= 4 is 15.7 Å². The maximum absolute atomic E-state index is 13.8. The molecule has 170 valence electrons. The van der Waals surface area contributed by atoms with E-state index >= 15 is 0 Å². The average Bonchev–Trinajstić information content (AvgIpc) is 3.10. The summed E-state index contributed by atoms with van der Waals surface area (Å²) in [5.41, 5.74) is 1.81. The second kappa shape index (κ2) is 8.94. The van der Waals surface area contributed by atoms with Crippen LogP contribution in [0.3, 0.4) is 0 Å². The first-order valence-corrected chi connectivity index (χ1v) is 11.4. The van der Waals surface area contributed by atoms with E-state index in [0.29, 0.717) is 17.4 Å². The van der Waals surface area contributed by atoms with E-state index in [-0.39, 0.29) is 11.3 Å². The zero-order valence-electron chi connectivity index (χ0n) is 17.7. The molecule has 1 N–H and O–H groups in total. The maximum Gasteiger partial charge on any atom is 0.237 e. The molecule has 0 saturated carbocycles. The molecule has 0 radical (unpaired) electrons. The molecule has 2 aromatic heterocycles. The van der Waals surface area contributed by atoms with E-state index in [1.54, 1.807) is 24.5 Å². The number of ether oxygens (including phenoxy) is 1. The minimum atomic E-state index is -3.96. The lowest BCUT2D eigenvalue weighted by Gasteiger charge is -2.10. The molecule has 4 rings (SSSR count). The molecule has 0 unspecified atom stereocenters. The van der Waals surface area contributed by atoms with E-state index in [1.165, 1.54) is 18.5 Å². The van der Waals surface area contributed by atoms with Gasteiger partial charge in [-0.15, -0.1) is 0 Å². The fourth-order valence-corrected chi connectivity index (χ4v) is 4.23. The van der Waals surface area contributed by atoms with Crippen LogP contribution in [-0.2, 0) is 15.8 Å². The molecule has 2 heterocycles. The first kappa shape index (κ1) is 22.3. The molecule has 0 atom stereocenters. The van der Waals surface area contributed by atoms with Crippen LogP contribution in [0.4, 0.5) is 14.5 Å². The maximum atomic E-state index is 13.8. The molecular weight excluding hydrogens is 452 g/mol. The molecule has 0 saturated heterocycles. The molecule has 0 fully saturated rings. The number of benzene rings is 2. The van der Waals surface area contributed by atoms with Crippen LogP contribution >= 0.6 is 0 Å². The van der Waals surface area contributed by atoms with Crippen LogP contribution in [0, 0.1) is 25.5 Å². The summed E-state index contributed by atoms with van der Waals surface area (Å²) in [6, 6.07) is 10.4. The Kier molecular flexibility index (Phi) is 6.05. The van der Waals surface area contributed by atoms with Crippen LogP contribution in [-0.4, -0.2) is 27.9 Å². The van der Waals surface area contributed by atoms with E-state index in [2.05, 4.69) is 19.7 Å². The lowest BCUT2D eigenvalue weighted by molar-refractivity contribution is 0.461. The molecule has 0 aliphatic carbocycles. The van der Waals surface area contributed by atoms with Gasteiger partial charge >= 0.3 is 0 Å². The van der Waals surface area contributed by atoms with Gasteiger partial charge < -0.3 is 4.74 Å². The van der Waals surface area contributed by atoms with Crippen molar-refractivity contribution in [3.63, 3.8) is 0 Å². The highest BCUT2D eigenvalue weighted by atomic mass is 32.2. The van der Waals surface area contributed by atoms with Gasteiger partial charge in [0.15, 0.2) is 0 Å². The summed E-state index contributed by atoms with van der Waals surface area (Å²) in [7, 11) is -3.96. The topological polar surface area (TPSA) is 99.0 Å². The summed E-state index contributed by atoms with van der Waals surface area (Å²) in [6.45, 7) is 3.82. The zero-order valence-corrected chi connectivity index (χ0v) is 18.5. The minimum absolute atomic E-state index is 0.243. The number of rotatable bonds is 7. The number of nitrogens with one attached hydrogen (secondary N) is 1. The summed E-state index contributed by atoms with van der Waals surface area (Å²) in [5.74, 6) is -0.916. The van der Waals surface area contributed by atoms with Crippen LogP contribution in [0.25, 0.3) is 5.82 Å². The number of aryl methyl sites for hydroxylation is 1. The summed E-state index contributed by atoms with van der Waals surface area (Å²) < 4.78 is 61.7. The van der Waals surface area contributed by atoms with E-state index in [0.717, 1.165) is 29.6 Å². The van der Waals surface area contributed by atoms with Crippen LogP contribution in [0.15, 0.2) is 61.2 Å². The number of anilines is 1. The van der Waals surface area contributed by atoms with Crippen molar-refractivity contribution in [3.05, 3.63) is 89.8 Å². The third-order valence-corrected chi connectivity index (χ3v) is 6.07. The molecule has 11 heteroatoms. The number of nitrogens with zero attached hydrogens (tertiary/aromatic N) is 4. The Morgan fingerprint density at radius 3 is 2.45 bits per heavy atom. The summed E-state index contributed by atoms with van der Waals surface area (Å²) in [4.78, 5) is 12.6. The van der Waals surface area contributed by atoms with E-state index in [4.69, 9.17) is 4.74 Å². The molecule has 0 bridgehead atoms. The molecule has 0 aliphatic rings. The molecule has 0 amide bonds. The Hall–Kier alpha value is -3.86. The van der Waals surface area contributed by atoms with Gasteiger partial charge in [0, 0.05) is 23.0 Å². The van der Waals surface area contributed by atoms with Crippen LogP contribution < -0.4 is 9.46 Å². The number of halogens is 2. The highest BCUT2D eigenvalue weighted by Gasteiger charge is 2.16. The summed E-state index contributed by atoms with van der Waals surface area (Å²) in [5, 5.41) is 0. The number of hydrogen-bond donors (Lipinski definition) is 1. The van der Waals surface area contributed by atoms with E-state index in [1.807, 2.05) is 18.4 Å². The normalized spacial score (nSPS) is 11.4. The van der Waals surface area contributed by atoms with E-state index in [9.17, 15) is 17.2 Å². The van der Waals surface area contributed by atoms with Gasteiger partial charge in [0.1, 0.15) is 35.9 Å². The standard InChI is InChI=1S/C22H19F2N5O3S/c1-14-15(2)29(13-27-14)21-10-22(26-12-25-21)32-19-6-4-18(5-7-19)28-33(30,31)11-16-9-17(23)3-8-20(16)24/h3-10,12-13,28H,11H2,1-2H3. The molecule has 0 aliphatic heterocycles. The quantitative estimate of drug-likeness (QED) is 0.432. The molecular formula is C22H19F2N5O3S. The fourth-order valence-electron chi connectivity index (χ4n) is 3.03. The zero-order chi connectivity index (χ0) is 23.6. The van der Waals surface area contributed by atoms with Crippen molar-refractivity contribution in [2.75, 3.05) is 4.72 Å².